The van der Waals surface area contributed by atoms with Crippen molar-refractivity contribution in [1.82, 2.24) is 9.78 Å². The van der Waals surface area contributed by atoms with Crippen LogP contribution >= 0.6 is 0 Å². The average Bonchev–Trinajstić information content (AvgIpc) is 2.30. The molecule has 0 saturated heterocycles. The van der Waals surface area contributed by atoms with Crippen LogP contribution in [0.3, 0.4) is 0 Å². The lowest BCUT2D eigenvalue weighted by molar-refractivity contribution is 0.641. The summed E-state index contributed by atoms with van der Waals surface area (Å²) in [7, 11) is 0. The van der Waals surface area contributed by atoms with Crippen LogP contribution in [0.2, 0.25) is 0 Å². The highest BCUT2D eigenvalue weighted by Gasteiger charge is 1.92. The summed E-state index contributed by atoms with van der Waals surface area (Å²) in [6.45, 7) is 11.1. The molecule has 11 heavy (non-hydrogen) atoms. The van der Waals surface area contributed by atoms with Gasteiger partial charge in [0.15, 0.2) is 0 Å². The maximum Gasteiger partial charge on any atom is 0.0609 e. The fourth-order valence-electron chi connectivity index (χ4n) is 1.10. The van der Waals surface area contributed by atoms with Crippen molar-refractivity contribution in [1.29, 1.82) is 0 Å². The SMILES string of the molecule is C=c1c(=C(C)C)cnn1CC. The Morgan fingerprint density at radius 1 is 1.64 bits per heavy atom. The highest BCUT2D eigenvalue weighted by molar-refractivity contribution is 5.37. The standard InChI is InChI=1S/C9H14N2/c1-5-11-8(4)9(6-10-11)7(2)3/h6H,4-5H2,1-3H3. The number of rotatable bonds is 1. The molecule has 0 radical (unpaired) electrons. The molecule has 1 aromatic heterocycles. The van der Waals surface area contributed by atoms with Crippen molar-refractivity contribution in [3.05, 3.63) is 16.8 Å². The summed E-state index contributed by atoms with van der Waals surface area (Å²) in [5.41, 5.74) is 1.27. The van der Waals surface area contributed by atoms with Gasteiger partial charge in [-0.1, -0.05) is 12.2 Å². The molecule has 2 nitrogen and oxygen atoms in total. The third-order valence-corrected chi connectivity index (χ3v) is 1.79. The molecule has 0 unspecified atom stereocenters. The summed E-state index contributed by atoms with van der Waals surface area (Å²) in [6.07, 6.45) is 1.88. The van der Waals surface area contributed by atoms with Crippen LogP contribution in [-0.2, 0) is 6.54 Å². The highest BCUT2D eigenvalue weighted by Crippen LogP contribution is 1.81. The van der Waals surface area contributed by atoms with Gasteiger partial charge in [-0.15, -0.1) is 0 Å². The van der Waals surface area contributed by atoms with Gasteiger partial charge in [-0.05, 0) is 20.8 Å². The molecule has 1 heterocycles. The van der Waals surface area contributed by atoms with E-state index in [-0.39, 0.29) is 0 Å². The largest absolute Gasteiger partial charge is 0.266 e. The van der Waals surface area contributed by atoms with Crippen molar-refractivity contribution >= 4 is 12.2 Å². The molecule has 0 bridgehead atoms. The van der Waals surface area contributed by atoms with Crippen LogP contribution in [-0.4, -0.2) is 9.78 Å². The van der Waals surface area contributed by atoms with Crippen LogP contribution in [0.5, 0.6) is 0 Å². The monoisotopic (exact) mass is 150 g/mol. The van der Waals surface area contributed by atoms with Crippen molar-refractivity contribution < 1.29 is 0 Å². The van der Waals surface area contributed by atoms with Crippen molar-refractivity contribution in [2.24, 2.45) is 0 Å². The Hall–Kier alpha value is -1.05. The first-order valence-electron chi connectivity index (χ1n) is 3.85. The summed E-state index contributed by atoms with van der Waals surface area (Å²) in [5.74, 6) is 0. The summed E-state index contributed by atoms with van der Waals surface area (Å²) < 4.78 is 1.91. The third-order valence-electron chi connectivity index (χ3n) is 1.79. The summed E-state index contributed by atoms with van der Waals surface area (Å²) >= 11 is 0. The first kappa shape index (κ1) is 8.05. The fourth-order valence-corrected chi connectivity index (χ4v) is 1.10. The molecule has 60 valence electrons. The molecular formula is C9H14N2. The zero-order valence-electron chi connectivity index (χ0n) is 7.39. The second kappa shape index (κ2) is 2.91. The quantitative estimate of drug-likeness (QED) is 0.570. The van der Waals surface area contributed by atoms with E-state index in [4.69, 9.17) is 0 Å². The Balaban J connectivity index is 3.46. The van der Waals surface area contributed by atoms with Gasteiger partial charge in [0.05, 0.1) is 11.5 Å². The normalized spacial score (nSPS) is 10.1. The van der Waals surface area contributed by atoms with Gasteiger partial charge in [0.1, 0.15) is 0 Å². The van der Waals surface area contributed by atoms with Gasteiger partial charge < -0.3 is 0 Å². The lowest BCUT2D eigenvalue weighted by Crippen LogP contribution is -2.28. The van der Waals surface area contributed by atoms with Crippen LogP contribution in [0, 0.1) is 0 Å². The molecule has 0 aromatic carbocycles. The van der Waals surface area contributed by atoms with Crippen LogP contribution in [0.25, 0.3) is 12.2 Å². The predicted octanol–water partition coefficient (Wildman–Crippen LogP) is 0.504. The van der Waals surface area contributed by atoms with Gasteiger partial charge in [0.25, 0.3) is 0 Å². The van der Waals surface area contributed by atoms with E-state index in [0.717, 1.165) is 11.9 Å². The summed E-state index contributed by atoms with van der Waals surface area (Å²) in [6, 6.07) is 0. The molecule has 0 fully saturated rings. The van der Waals surface area contributed by atoms with E-state index >= 15 is 0 Å². The summed E-state index contributed by atoms with van der Waals surface area (Å²) in [4.78, 5) is 0. The Bertz CT molecular complexity index is 342. The van der Waals surface area contributed by atoms with Crippen molar-refractivity contribution in [3.8, 4) is 0 Å². The smallest absolute Gasteiger partial charge is 0.0609 e. The molecule has 0 aliphatic rings. The summed E-state index contributed by atoms with van der Waals surface area (Å²) in [5, 5.41) is 6.38. The third kappa shape index (κ3) is 1.34. The predicted molar refractivity (Wildman–Crippen MR) is 47.4 cm³/mol. The minimum absolute atomic E-state index is 0.895. The van der Waals surface area contributed by atoms with Crippen LogP contribution in [0.4, 0.5) is 0 Å². The molecule has 0 atom stereocenters. The van der Waals surface area contributed by atoms with Crippen LogP contribution in [0.15, 0.2) is 6.20 Å². The Morgan fingerprint density at radius 3 is 2.55 bits per heavy atom. The van der Waals surface area contributed by atoms with E-state index < -0.39 is 0 Å². The minimum Gasteiger partial charge on any atom is -0.266 e. The number of aromatic nitrogens is 2. The fraction of sp³-hybridized carbons (Fsp3) is 0.444. The maximum absolute atomic E-state index is 4.19. The number of aryl methyl sites for hydroxylation is 1. The van der Waals surface area contributed by atoms with Gasteiger partial charge in [-0.3, -0.25) is 4.68 Å². The second-order valence-electron chi connectivity index (χ2n) is 2.82. The maximum atomic E-state index is 4.19. The molecule has 0 saturated carbocycles. The lowest BCUT2D eigenvalue weighted by atomic mass is 10.3. The van der Waals surface area contributed by atoms with Crippen LogP contribution in [0.1, 0.15) is 20.8 Å². The van der Waals surface area contributed by atoms with E-state index in [1.807, 2.05) is 10.9 Å². The van der Waals surface area contributed by atoms with Gasteiger partial charge in [0.2, 0.25) is 0 Å². The minimum atomic E-state index is 0.895. The molecule has 0 aliphatic heterocycles. The number of hydrogen-bond donors (Lipinski definition) is 0. The lowest BCUT2D eigenvalue weighted by Gasteiger charge is -1.91. The van der Waals surface area contributed by atoms with Crippen LogP contribution < -0.4 is 10.6 Å². The molecule has 0 spiro atoms. The Labute approximate surface area is 66.8 Å². The second-order valence-corrected chi connectivity index (χ2v) is 2.82. The zero-order chi connectivity index (χ0) is 8.43. The Kier molecular flexibility index (Phi) is 2.13. The van der Waals surface area contributed by atoms with E-state index in [0.29, 0.717) is 0 Å². The van der Waals surface area contributed by atoms with Crippen molar-refractivity contribution in [3.63, 3.8) is 0 Å². The van der Waals surface area contributed by atoms with E-state index in [9.17, 15) is 0 Å². The number of nitrogens with zero attached hydrogens (tertiary/aromatic N) is 2. The van der Waals surface area contributed by atoms with Gasteiger partial charge in [-0.2, -0.15) is 5.10 Å². The Morgan fingerprint density at radius 2 is 2.27 bits per heavy atom. The van der Waals surface area contributed by atoms with Gasteiger partial charge in [0, 0.05) is 11.8 Å². The van der Waals surface area contributed by atoms with E-state index in [1.54, 1.807) is 0 Å². The van der Waals surface area contributed by atoms with Crippen molar-refractivity contribution in [2.75, 3.05) is 0 Å². The molecular weight excluding hydrogens is 136 g/mol. The molecule has 2 heteroatoms. The molecule has 1 aromatic rings. The van der Waals surface area contributed by atoms with Crippen molar-refractivity contribution in [2.45, 2.75) is 27.3 Å². The topological polar surface area (TPSA) is 17.8 Å². The average molecular weight is 150 g/mol. The highest BCUT2D eigenvalue weighted by atomic mass is 15.3. The first-order chi connectivity index (χ1) is 5.16. The van der Waals surface area contributed by atoms with Gasteiger partial charge in [-0.25, -0.2) is 0 Å². The molecule has 1 rings (SSSR count). The van der Waals surface area contributed by atoms with Gasteiger partial charge >= 0.3 is 0 Å². The zero-order valence-corrected chi connectivity index (χ0v) is 7.39. The van der Waals surface area contributed by atoms with E-state index in [1.165, 1.54) is 10.8 Å². The molecule has 0 N–H and O–H groups in total. The molecule has 0 aliphatic carbocycles. The molecule has 0 amide bonds. The number of hydrogen-bond acceptors (Lipinski definition) is 1. The van der Waals surface area contributed by atoms with E-state index in [2.05, 4.69) is 32.4 Å². The first-order valence-corrected chi connectivity index (χ1v) is 3.85.